The number of hydrogen-bond acceptors (Lipinski definition) is 4. The van der Waals surface area contributed by atoms with Gasteiger partial charge in [0.2, 0.25) is 11.8 Å². The summed E-state index contributed by atoms with van der Waals surface area (Å²) in [5, 5.41) is 3.40. The predicted molar refractivity (Wildman–Crippen MR) is 160 cm³/mol. The minimum absolute atomic E-state index is 0.0401. The average Bonchev–Trinajstić information content (AvgIpc) is 2.89. The molecular formula is C30H36ClFN4O4S. The van der Waals surface area contributed by atoms with E-state index in [1.54, 1.807) is 24.3 Å². The Morgan fingerprint density at radius 1 is 0.927 bits per heavy atom. The zero-order chi connectivity index (χ0) is 30.4. The molecule has 0 heterocycles. The van der Waals surface area contributed by atoms with Gasteiger partial charge in [-0.1, -0.05) is 66.2 Å². The van der Waals surface area contributed by atoms with Gasteiger partial charge in [0.15, 0.2) is 0 Å². The highest BCUT2D eigenvalue weighted by Gasteiger charge is 2.36. The van der Waals surface area contributed by atoms with Crippen molar-refractivity contribution in [2.75, 3.05) is 24.9 Å². The van der Waals surface area contributed by atoms with Crippen LogP contribution in [0.15, 0.2) is 78.9 Å². The number of nitrogens with zero attached hydrogens (tertiary/aromatic N) is 3. The minimum Gasteiger partial charge on any atom is -0.350 e. The quantitative estimate of drug-likeness (QED) is 0.346. The second kappa shape index (κ2) is 13.5. The number of nitrogens with one attached hydrogen (secondary N) is 1. The Balaban J connectivity index is 2.13. The van der Waals surface area contributed by atoms with Gasteiger partial charge in [0.05, 0.1) is 5.69 Å². The zero-order valence-corrected chi connectivity index (χ0v) is 25.4. The van der Waals surface area contributed by atoms with Crippen LogP contribution in [0.5, 0.6) is 0 Å². The summed E-state index contributed by atoms with van der Waals surface area (Å²) in [6.07, 6.45) is 0.162. The smallest absolute Gasteiger partial charge is 0.304 e. The highest BCUT2D eigenvalue weighted by Crippen LogP contribution is 2.25. The largest absolute Gasteiger partial charge is 0.350 e. The lowest BCUT2D eigenvalue weighted by Crippen LogP contribution is -2.56. The highest BCUT2D eigenvalue weighted by atomic mass is 35.5. The first-order chi connectivity index (χ1) is 19.2. The molecule has 0 aliphatic rings. The van der Waals surface area contributed by atoms with E-state index in [1.165, 1.54) is 37.2 Å². The van der Waals surface area contributed by atoms with Crippen LogP contribution in [0.4, 0.5) is 10.1 Å². The summed E-state index contributed by atoms with van der Waals surface area (Å²) in [4.78, 5) is 29.2. The van der Waals surface area contributed by atoms with Crippen molar-refractivity contribution >= 4 is 39.3 Å². The Morgan fingerprint density at radius 2 is 1.54 bits per heavy atom. The summed E-state index contributed by atoms with van der Waals surface area (Å²) in [6, 6.07) is 20.4. The van der Waals surface area contributed by atoms with Crippen molar-refractivity contribution in [2.45, 2.75) is 45.3 Å². The molecule has 41 heavy (non-hydrogen) atoms. The van der Waals surface area contributed by atoms with Gasteiger partial charge in [-0.25, -0.2) is 8.70 Å². The summed E-state index contributed by atoms with van der Waals surface area (Å²) in [5.41, 5.74) is 0.554. The summed E-state index contributed by atoms with van der Waals surface area (Å²) >= 11 is 6.23. The standard InChI is InChI=1S/C30H36ClFN4O4S/c1-30(2,3)33-29(38)27(19-22-12-7-6-8-13-22)35(20-23-14-11-15-24(31)18-23)28(37)21-36(41(39,40)34(4)5)26-17-10-9-16-25(26)32/h6-18,27H,19-21H2,1-5H3,(H,33,38). The van der Waals surface area contributed by atoms with Gasteiger partial charge in [0.1, 0.15) is 18.4 Å². The molecule has 0 saturated heterocycles. The Kier molecular flexibility index (Phi) is 10.5. The molecule has 3 rings (SSSR count). The molecular weight excluding hydrogens is 567 g/mol. The topological polar surface area (TPSA) is 90.0 Å². The first kappa shape index (κ1) is 32.0. The molecule has 0 aliphatic heterocycles. The maximum atomic E-state index is 14.9. The van der Waals surface area contributed by atoms with Crippen molar-refractivity contribution in [3.8, 4) is 0 Å². The lowest BCUT2D eigenvalue weighted by atomic mass is 10.0. The number of anilines is 1. The molecule has 11 heteroatoms. The molecule has 0 saturated carbocycles. The summed E-state index contributed by atoms with van der Waals surface area (Å²) in [5.74, 6) is -1.91. The number of carbonyl (C=O) groups is 2. The van der Waals surface area contributed by atoms with Gasteiger partial charge in [0.25, 0.3) is 0 Å². The van der Waals surface area contributed by atoms with E-state index < -0.39 is 46.0 Å². The van der Waals surface area contributed by atoms with Crippen molar-refractivity contribution < 1.29 is 22.4 Å². The Labute approximate surface area is 246 Å². The molecule has 2 amide bonds. The predicted octanol–water partition coefficient (Wildman–Crippen LogP) is 4.65. The monoisotopic (exact) mass is 602 g/mol. The van der Waals surface area contributed by atoms with E-state index >= 15 is 0 Å². The van der Waals surface area contributed by atoms with E-state index in [9.17, 15) is 22.4 Å². The maximum absolute atomic E-state index is 14.9. The third-order valence-corrected chi connectivity index (χ3v) is 8.19. The maximum Gasteiger partial charge on any atom is 0.304 e. The Bertz CT molecular complexity index is 1460. The third kappa shape index (κ3) is 8.76. The number of benzene rings is 3. The van der Waals surface area contributed by atoms with E-state index in [-0.39, 0.29) is 18.7 Å². The number of halogens is 2. The molecule has 1 N–H and O–H groups in total. The fraction of sp³-hybridized carbons (Fsp3) is 0.333. The van der Waals surface area contributed by atoms with E-state index in [0.717, 1.165) is 20.2 Å². The molecule has 0 spiro atoms. The minimum atomic E-state index is -4.30. The van der Waals surface area contributed by atoms with Crippen LogP contribution in [0.25, 0.3) is 0 Å². The molecule has 1 unspecified atom stereocenters. The second-order valence-electron chi connectivity index (χ2n) is 10.8. The Morgan fingerprint density at radius 3 is 2.12 bits per heavy atom. The molecule has 220 valence electrons. The van der Waals surface area contributed by atoms with Gasteiger partial charge in [-0.15, -0.1) is 0 Å². The van der Waals surface area contributed by atoms with Crippen LogP contribution >= 0.6 is 11.6 Å². The van der Waals surface area contributed by atoms with Crippen LogP contribution < -0.4 is 9.62 Å². The van der Waals surface area contributed by atoms with Crippen molar-refractivity contribution in [3.63, 3.8) is 0 Å². The molecule has 1 atom stereocenters. The molecule has 3 aromatic carbocycles. The van der Waals surface area contributed by atoms with Gasteiger partial charge < -0.3 is 10.2 Å². The van der Waals surface area contributed by atoms with Crippen LogP contribution in [0.1, 0.15) is 31.9 Å². The van der Waals surface area contributed by atoms with Gasteiger partial charge in [-0.05, 0) is 56.2 Å². The van der Waals surface area contributed by atoms with Crippen LogP contribution in [0.3, 0.4) is 0 Å². The van der Waals surface area contributed by atoms with Crippen molar-refractivity contribution in [1.82, 2.24) is 14.5 Å². The van der Waals surface area contributed by atoms with Gasteiger partial charge in [-0.3, -0.25) is 9.59 Å². The molecule has 0 radical (unpaired) electrons. The van der Waals surface area contributed by atoms with E-state index in [0.29, 0.717) is 10.6 Å². The summed E-state index contributed by atoms with van der Waals surface area (Å²) in [6.45, 7) is 4.71. The van der Waals surface area contributed by atoms with E-state index in [2.05, 4.69) is 5.32 Å². The molecule has 0 aliphatic carbocycles. The second-order valence-corrected chi connectivity index (χ2v) is 13.3. The number of amides is 2. The number of carbonyl (C=O) groups excluding carboxylic acids is 2. The number of hydrogen-bond donors (Lipinski definition) is 1. The lowest BCUT2D eigenvalue weighted by molar-refractivity contribution is -0.140. The Hall–Kier alpha value is -3.47. The first-order valence-electron chi connectivity index (χ1n) is 13.0. The molecule has 0 aromatic heterocycles. The first-order valence-corrected chi connectivity index (χ1v) is 14.8. The van der Waals surface area contributed by atoms with Gasteiger partial charge in [0, 0.05) is 37.6 Å². The summed E-state index contributed by atoms with van der Waals surface area (Å²) in [7, 11) is -1.70. The van der Waals surface area contributed by atoms with Crippen molar-refractivity contribution in [1.29, 1.82) is 0 Å². The molecule has 3 aromatic rings. The number of rotatable bonds is 11. The highest BCUT2D eigenvalue weighted by molar-refractivity contribution is 7.90. The molecule has 0 fully saturated rings. The number of para-hydroxylation sites is 1. The summed E-state index contributed by atoms with van der Waals surface area (Å²) < 4.78 is 43.2. The zero-order valence-electron chi connectivity index (χ0n) is 23.8. The average molecular weight is 603 g/mol. The fourth-order valence-corrected chi connectivity index (χ4v) is 5.47. The third-order valence-electron chi connectivity index (χ3n) is 6.15. The van der Waals surface area contributed by atoms with Crippen molar-refractivity contribution in [3.05, 3.63) is 101 Å². The van der Waals surface area contributed by atoms with E-state index in [4.69, 9.17) is 11.6 Å². The lowest BCUT2D eigenvalue weighted by Gasteiger charge is -2.35. The molecule has 0 bridgehead atoms. The SMILES string of the molecule is CN(C)S(=O)(=O)N(CC(=O)N(Cc1cccc(Cl)c1)C(Cc1ccccc1)C(=O)NC(C)(C)C)c1ccccc1F. The normalized spacial score (nSPS) is 12.6. The van der Waals surface area contributed by atoms with Crippen LogP contribution in [-0.4, -0.2) is 61.7 Å². The van der Waals surface area contributed by atoms with Crippen molar-refractivity contribution in [2.24, 2.45) is 0 Å². The van der Waals surface area contributed by atoms with Crippen LogP contribution in [0, 0.1) is 5.82 Å². The van der Waals surface area contributed by atoms with E-state index in [1.807, 2.05) is 51.1 Å². The van der Waals surface area contributed by atoms with Gasteiger partial charge in [-0.2, -0.15) is 12.7 Å². The van der Waals surface area contributed by atoms with Gasteiger partial charge >= 0.3 is 10.2 Å². The molecule has 8 nitrogen and oxygen atoms in total. The van der Waals surface area contributed by atoms with Crippen LogP contribution in [0.2, 0.25) is 5.02 Å². The fourth-order valence-electron chi connectivity index (χ4n) is 4.19. The van der Waals surface area contributed by atoms with Crippen LogP contribution in [-0.2, 0) is 32.8 Å².